The lowest BCUT2D eigenvalue weighted by atomic mass is 9.93. The van der Waals surface area contributed by atoms with Crippen LogP contribution in [0.2, 0.25) is 0 Å². The Bertz CT molecular complexity index is 1260. The summed E-state index contributed by atoms with van der Waals surface area (Å²) in [5.41, 5.74) is -4.41. The molecule has 0 aromatic heterocycles. The fraction of sp³-hybridized carbons (Fsp3) is 0.308. The van der Waals surface area contributed by atoms with Gasteiger partial charge in [-0.1, -0.05) is 0 Å². The van der Waals surface area contributed by atoms with Crippen molar-refractivity contribution in [3.05, 3.63) is 65.2 Å². The molecule has 0 spiro atoms. The molecule has 0 bridgehead atoms. The highest BCUT2D eigenvalue weighted by atomic mass is 16.5. The average Bonchev–Trinajstić information content (AvgIpc) is 3.66. The van der Waals surface area contributed by atoms with Crippen LogP contribution in [0.4, 0.5) is 0 Å². The van der Waals surface area contributed by atoms with E-state index in [0.717, 1.165) is 12.0 Å². The molecule has 1 aliphatic carbocycles. The number of carboxylic acid groups (broad SMARTS) is 1. The van der Waals surface area contributed by atoms with E-state index in [1.54, 1.807) is 36.4 Å². The van der Waals surface area contributed by atoms with E-state index in [-0.39, 0.29) is 24.1 Å². The quantitative estimate of drug-likeness (QED) is 0.302. The van der Waals surface area contributed by atoms with Crippen molar-refractivity contribution in [2.24, 2.45) is 0 Å². The van der Waals surface area contributed by atoms with Crippen molar-refractivity contribution >= 4 is 29.2 Å². The summed E-state index contributed by atoms with van der Waals surface area (Å²) < 4.78 is 15.0. The molecule has 2 aliphatic rings. The number of aliphatic hydroxyl groups is 1. The molecule has 36 heavy (non-hydrogen) atoms. The number of carbonyl (C=O) groups is 4. The van der Waals surface area contributed by atoms with Crippen molar-refractivity contribution in [2.75, 3.05) is 21.3 Å². The molecule has 2 aromatic rings. The Kier molecular flexibility index (Phi) is 6.32. The zero-order valence-corrected chi connectivity index (χ0v) is 19.9. The number of nitrogens with zero attached hydrogens (tertiary/aromatic N) is 1. The number of benzene rings is 2. The number of hydrogen-bond donors (Lipinski definition) is 2. The van der Waals surface area contributed by atoms with Gasteiger partial charge in [-0.15, -0.1) is 0 Å². The van der Waals surface area contributed by atoms with E-state index in [4.69, 9.17) is 9.47 Å². The van der Waals surface area contributed by atoms with E-state index in [1.165, 1.54) is 26.4 Å². The van der Waals surface area contributed by atoms with Gasteiger partial charge in [0, 0.05) is 5.56 Å². The highest BCUT2D eigenvalue weighted by Crippen LogP contribution is 2.55. The first-order valence-corrected chi connectivity index (χ1v) is 11.1. The van der Waals surface area contributed by atoms with E-state index in [2.05, 4.69) is 4.74 Å². The van der Waals surface area contributed by atoms with Gasteiger partial charge in [0.2, 0.25) is 11.5 Å². The largest absolute Gasteiger partial charge is 0.497 e. The number of ketones is 2. The molecular weight excluding hydrogens is 470 g/mol. The van der Waals surface area contributed by atoms with Gasteiger partial charge in [0.05, 0.1) is 32.6 Å². The van der Waals surface area contributed by atoms with Crippen LogP contribution >= 0.6 is 0 Å². The molecule has 10 nitrogen and oxygen atoms in total. The van der Waals surface area contributed by atoms with E-state index in [1.807, 2.05) is 0 Å². The van der Waals surface area contributed by atoms with Gasteiger partial charge in [-0.05, 0) is 66.9 Å². The van der Waals surface area contributed by atoms with Crippen LogP contribution in [0.3, 0.4) is 0 Å². The number of rotatable bonds is 9. The SMILES string of the molecule is COC(=O)CC1(O)C(=O)C(C(=O)c2ccc(OC)cc2)=C(c2ccc(OC)cc2)N1C1(C(=O)O)CC1. The molecule has 2 N–H and O–H groups in total. The van der Waals surface area contributed by atoms with Crippen molar-refractivity contribution in [3.63, 3.8) is 0 Å². The van der Waals surface area contributed by atoms with Crippen molar-refractivity contribution in [2.45, 2.75) is 30.5 Å². The average molecular weight is 495 g/mol. The fourth-order valence-corrected chi connectivity index (χ4v) is 4.48. The van der Waals surface area contributed by atoms with E-state index in [9.17, 15) is 29.4 Å². The van der Waals surface area contributed by atoms with Gasteiger partial charge in [-0.25, -0.2) is 4.79 Å². The highest BCUT2D eigenvalue weighted by Gasteiger charge is 2.68. The van der Waals surface area contributed by atoms with E-state index >= 15 is 0 Å². The predicted molar refractivity (Wildman–Crippen MR) is 125 cm³/mol. The molecule has 1 atom stereocenters. The minimum Gasteiger partial charge on any atom is -0.497 e. The molecule has 1 heterocycles. The number of Topliss-reactive ketones (excluding diaryl/α,β-unsaturated/α-hetero) is 2. The molecule has 2 aromatic carbocycles. The molecule has 1 aliphatic heterocycles. The van der Waals surface area contributed by atoms with Crippen LogP contribution in [-0.2, 0) is 19.1 Å². The van der Waals surface area contributed by atoms with E-state index in [0.29, 0.717) is 17.1 Å². The zero-order chi connectivity index (χ0) is 26.3. The molecule has 1 saturated carbocycles. The topological polar surface area (TPSA) is 140 Å². The molecule has 0 amide bonds. The Hall–Kier alpha value is -4.18. The molecule has 0 saturated heterocycles. The smallest absolute Gasteiger partial charge is 0.329 e. The van der Waals surface area contributed by atoms with Gasteiger partial charge in [0.1, 0.15) is 23.5 Å². The second kappa shape index (κ2) is 9.12. The highest BCUT2D eigenvalue weighted by molar-refractivity contribution is 6.34. The van der Waals surface area contributed by atoms with Crippen molar-refractivity contribution in [3.8, 4) is 11.5 Å². The van der Waals surface area contributed by atoms with Crippen LogP contribution in [0, 0.1) is 0 Å². The number of esters is 1. The van der Waals surface area contributed by atoms with Crippen molar-refractivity contribution in [1.82, 2.24) is 4.90 Å². The number of ether oxygens (including phenoxy) is 3. The Morgan fingerprint density at radius 2 is 1.44 bits per heavy atom. The predicted octanol–water partition coefficient (Wildman–Crippen LogP) is 2.05. The van der Waals surface area contributed by atoms with Gasteiger partial charge in [-0.3, -0.25) is 14.4 Å². The van der Waals surface area contributed by atoms with Crippen LogP contribution in [0.1, 0.15) is 35.2 Å². The number of methoxy groups -OCH3 is 3. The lowest BCUT2D eigenvalue weighted by Crippen LogP contribution is -2.58. The first kappa shape index (κ1) is 24.9. The minimum absolute atomic E-state index is 0.0743. The Labute approximate surface area is 206 Å². The Morgan fingerprint density at radius 3 is 1.89 bits per heavy atom. The Balaban J connectivity index is 1.98. The molecule has 4 rings (SSSR count). The first-order valence-electron chi connectivity index (χ1n) is 11.1. The molecule has 188 valence electrons. The lowest BCUT2D eigenvalue weighted by molar-refractivity contribution is -0.172. The summed E-state index contributed by atoms with van der Waals surface area (Å²) in [6, 6.07) is 12.3. The monoisotopic (exact) mass is 495 g/mol. The van der Waals surface area contributed by atoms with Gasteiger partial charge in [0.25, 0.3) is 0 Å². The summed E-state index contributed by atoms with van der Waals surface area (Å²) >= 11 is 0. The van der Waals surface area contributed by atoms with Crippen LogP contribution in [0.15, 0.2) is 54.1 Å². The molecular formula is C26H25NO9. The number of carbonyl (C=O) groups excluding carboxylic acids is 3. The lowest BCUT2D eigenvalue weighted by Gasteiger charge is -2.39. The second-order valence-corrected chi connectivity index (χ2v) is 8.58. The normalized spacial score (nSPS) is 20.2. The standard InChI is InChI=1S/C26H25NO9/c1-34-17-8-4-15(5-9-17)21-20(22(29)16-6-10-18(35-2)11-7-16)23(30)26(33,14-19(28)36-3)27(21)25(12-13-25)24(31)32/h4-11,33H,12-14H2,1-3H3,(H,31,32). The maximum atomic E-state index is 13.8. The third-order valence-electron chi connectivity index (χ3n) is 6.53. The number of aliphatic carboxylic acids is 1. The van der Waals surface area contributed by atoms with E-state index < -0.39 is 46.8 Å². The first-order chi connectivity index (χ1) is 17.1. The third kappa shape index (κ3) is 3.89. The van der Waals surface area contributed by atoms with Crippen molar-refractivity contribution < 1.29 is 43.6 Å². The zero-order valence-electron chi connectivity index (χ0n) is 19.9. The van der Waals surface area contributed by atoms with Crippen LogP contribution in [0.25, 0.3) is 5.70 Å². The second-order valence-electron chi connectivity index (χ2n) is 8.58. The summed E-state index contributed by atoms with van der Waals surface area (Å²) in [6.45, 7) is 0. The molecule has 1 fully saturated rings. The summed E-state index contributed by atoms with van der Waals surface area (Å²) in [5, 5.41) is 21.8. The van der Waals surface area contributed by atoms with Gasteiger partial charge in [0.15, 0.2) is 5.78 Å². The fourth-order valence-electron chi connectivity index (χ4n) is 4.48. The summed E-state index contributed by atoms with van der Waals surface area (Å²) in [6.07, 6.45) is -0.665. The van der Waals surface area contributed by atoms with Gasteiger partial charge >= 0.3 is 11.9 Å². The maximum Gasteiger partial charge on any atom is 0.329 e. The van der Waals surface area contributed by atoms with Crippen LogP contribution in [-0.4, -0.2) is 71.2 Å². The number of hydrogen-bond acceptors (Lipinski definition) is 9. The van der Waals surface area contributed by atoms with Crippen LogP contribution < -0.4 is 9.47 Å². The van der Waals surface area contributed by atoms with Gasteiger partial charge in [-0.2, -0.15) is 0 Å². The van der Waals surface area contributed by atoms with Gasteiger partial charge < -0.3 is 29.3 Å². The van der Waals surface area contributed by atoms with Crippen molar-refractivity contribution in [1.29, 1.82) is 0 Å². The molecule has 10 heteroatoms. The Morgan fingerprint density at radius 1 is 0.917 bits per heavy atom. The summed E-state index contributed by atoms with van der Waals surface area (Å²) in [7, 11) is 4.02. The third-order valence-corrected chi connectivity index (χ3v) is 6.53. The maximum absolute atomic E-state index is 13.8. The summed E-state index contributed by atoms with van der Waals surface area (Å²) in [5.74, 6) is -3.07. The minimum atomic E-state index is -2.64. The number of carboxylic acids is 1. The van der Waals surface area contributed by atoms with Crippen LogP contribution in [0.5, 0.6) is 11.5 Å². The summed E-state index contributed by atoms with van der Waals surface area (Å²) in [4.78, 5) is 53.2. The molecule has 1 unspecified atom stereocenters. The molecule has 0 radical (unpaired) electrons.